The molecule has 0 unspecified atom stereocenters. The maximum absolute atomic E-state index is 11.5. The minimum atomic E-state index is 0.0325. The van der Waals surface area contributed by atoms with Gasteiger partial charge in [0.1, 0.15) is 0 Å². The molecule has 2 rings (SSSR count). The molecule has 1 aliphatic carbocycles. The number of rotatable bonds is 4. The molecular formula is C13H19N3O. The van der Waals surface area contributed by atoms with Crippen molar-refractivity contribution in [1.82, 2.24) is 5.32 Å². The smallest absolute Gasteiger partial charge is 0.239 e. The van der Waals surface area contributed by atoms with Crippen LogP contribution in [0, 0.1) is 13.8 Å². The molecule has 0 aliphatic heterocycles. The molecule has 17 heavy (non-hydrogen) atoms. The zero-order chi connectivity index (χ0) is 12.4. The summed E-state index contributed by atoms with van der Waals surface area (Å²) < 4.78 is 0. The lowest BCUT2D eigenvalue weighted by Gasteiger charge is -2.12. The first kappa shape index (κ1) is 11.8. The van der Waals surface area contributed by atoms with Gasteiger partial charge in [0, 0.05) is 6.04 Å². The highest BCUT2D eigenvalue weighted by molar-refractivity contribution is 5.82. The summed E-state index contributed by atoms with van der Waals surface area (Å²) in [7, 11) is 0. The van der Waals surface area contributed by atoms with E-state index in [9.17, 15) is 4.79 Å². The number of aryl methyl sites for hydroxylation is 2. The Morgan fingerprint density at radius 3 is 2.65 bits per heavy atom. The quantitative estimate of drug-likeness (QED) is 0.692. The second-order valence-corrected chi connectivity index (χ2v) is 4.72. The summed E-state index contributed by atoms with van der Waals surface area (Å²) in [5.74, 6) is 0.0325. The van der Waals surface area contributed by atoms with E-state index in [0.29, 0.717) is 11.7 Å². The fourth-order valence-electron chi connectivity index (χ4n) is 1.67. The van der Waals surface area contributed by atoms with Crippen molar-refractivity contribution in [3.63, 3.8) is 0 Å². The standard InChI is InChI=1S/C13H19N3O/c1-8-5-11(14)12(6-9(8)2)15-7-13(17)16-10-3-4-10/h5-6,10,15H,3-4,7,14H2,1-2H3,(H,16,17). The lowest BCUT2D eigenvalue weighted by Crippen LogP contribution is -2.31. The van der Waals surface area contributed by atoms with Crippen LogP contribution in [-0.4, -0.2) is 18.5 Å². The van der Waals surface area contributed by atoms with Crippen LogP contribution in [0.4, 0.5) is 11.4 Å². The van der Waals surface area contributed by atoms with Gasteiger partial charge < -0.3 is 16.4 Å². The van der Waals surface area contributed by atoms with Gasteiger partial charge in [-0.25, -0.2) is 0 Å². The van der Waals surface area contributed by atoms with E-state index in [4.69, 9.17) is 5.73 Å². The van der Waals surface area contributed by atoms with Crippen molar-refractivity contribution in [2.24, 2.45) is 0 Å². The van der Waals surface area contributed by atoms with E-state index >= 15 is 0 Å². The van der Waals surface area contributed by atoms with Gasteiger partial charge in [-0.2, -0.15) is 0 Å². The van der Waals surface area contributed by atoms with Crippen LogP contribution in [0.3, 0.4) is 0 Å². The SMILES string of the molecule is Cc1cc(N)c(NCC(=O)NC2CC2)cc1C. The minimum Gasteiger partial charge on any atom is -0.397 e. The third kappa shape index (κ3) is 3.12. The second-order valence-electron chi connectivity index (χ2n) is 4.72. The van der Waals surface area contributed by atoms with Crippen LogP contribution in [-0.2, 0) is 4.79 Å². The van der Waals surface area contributed by atoms with Crippen molar-refractivity contribution < 1.29 is 4.79 Å². The number of carbonyl (C=O) groups is 1. The number of amides is 1. The van der Waals surface area contributed by atoms with E-state index in [2.05, 4.69) is 10.6 Å². The zero-order valence-corrected chi connectivity index (χ0v) is 10.3. The minimum absolute atomic E-state index is 0.0325. The molecule has 0 spiro atoms. The van der Waals surface area contributed by atoms with Crippen LogP contribution in [0.1, 0.15) is 24.0 Å². The Hall–Kier alpha value is -1.71. The fraction of sp³-hybridized carbons (Fsp3) is 0.462. The molecule has 0 heterocycles. The Labute approximate surface area is 102 Å². The van der Waals surface area contributed by atoms with Crippen molar-refractivity contribution in [3.05, 3.63) is 23.3 Å². The summed E-state index contributed by atoms with van der Waals surface area (Å²) in [6.45, 7) is 4.34. The zero-order valence-electron chi connectivity index (χ0n) is 10.3. The van der Waals surface area contributed by atoms with Gasteiger partial charge in [0.2, 0.25) is 5.91 Å². The highest BCUT2D eigenvalue weighted by Gasteiger charge is 2.22. The number of hydrogen-bond acceptors (Lipinski definition) is 3. The van der Waals surface area contributed by atoms with Crippen molar-refractivity contribution in [3.8, 4) is 0 Å². The highest BCUT2D eigenvalue weighted by Crippen LogP contribution is 2.23. The Morgan fingerprint density at radius 1 is 1.35 bits per heavy atom. The molecule has 0 bridgehead atoms. The lowest BCUT2D eigenvalue weighted by atomic mass is 10.1. The molecule has 1 fully saturated rings. The summed E-state index contributed by atoms with van der Waals surface area (Å²) in [6, 6.07) is 4.31. The molecule has 4 nitrogen and oxygen atoms in total. The number of hydrogen-bond donors (Lipinski definition) is 3. The number of carbonyl (C=O) groups excluding carboxylic acids is 1. The molecule has 1 aromatic carbocycles. The number of benzene rings is 1. The van der Waals surface area contributed by atoms with E-state index < -0.39 is 0 Å². The Kier molecular flexibility index (Phi) is 3.22. The van der Waals surface area contributed by atoms with Gasteiger partial charge in [-0.1, -0.05) is 0 Å². The number of nitrogens with one attached hydrogen (secondary N) is 2. The normalized spacial score (nSPS) is 14.5. The van der Waals surface area contributed by atoms with Crippen LogP contribution in [0.25, 0.3) is 0 Å². The predicted octanol–water partition coefficient (Wildman–Crippen LogP) is 1.58. The number of anilines is 2. The summed E-state index contributed by atoms with van der Waals surface area (Å²) in [6.07, 6.45) is 2.22. The summed E-state index contributed by atoms with van der Waals surface area (Å²) in [4.78, 5) is 11.5. The molecule has 0 radical (unpaired) electrons. The Balaban J connectivity index is 1.93. The maximum Gasteiger partial charge on any atom is 0.239 e. The van der Waals surface area contributed by atoms with Crippen molar-refractivity contribution >= 4 is 17.3 Å². The third-order valence-corrected chi connectivity index (χ3v) is 3.05. The predicted molar refractivity (Wildman–Crippen MR) is 70.0 cm³/mol. The first-order valence-electron chi connectivity index (χ1n) is 5.96. The van der Waals surface area contributed by atoms with Gasteiger partial charge in [0.25, 0.3) is 0 Å². The number of nitrogen functional groups attached to an aromatic ring is 1. The molecule has 1 saturated carbocycles. The molecule has 1 aliphatic rings. The van der Waals surface area contributed by atoms with Gasteiger partial charge in [-0.05, 0) is 49.9 Å². The Morgan fingerprint density at radius 2 is 2.00 bits per heavy atom. The summed E-state index contributed by atoms with van der Waals surface area (Å²) in [5, 5.41) is 6.00. The molecule has 1 amide bonds. The summed E-state index contributed by atoms with van der Waals surface area (Å²) in [5.41, 5.74) is 9.75. The largest absolute Gasteiger partial charge is 0.397 e. The molecule has 0 aromatic heterocycles. The topological polar surface area (TPSA) is 67.1 Å². The monoisotopic (exact) mass is 233 g/mol. The van der Waals surface area contributed by atoms with Crippen molar-refractivity contribution in [2.45, 2.75) is 32.7 Å². The van der Waals surface area contributed by atoms with Crippen LogP contribution >= 0.6 is 0 Å². The van der Waals surface area contributed by atoms with Gasteiger partial charge >= 0.3 is 0 Å². The third-order valence-electron chi connectivity index (χ3n) is 3.05. The van der Waals surface area contributed by atoms with E-state index in [-0.39, 0.29) is 12.5 Å². The van der Waals surface area contributed by atoms with E-state index in [1.165, 1.54) is 5.56 Å². The summed E-state index contributed by atoms with van der Waals surface area (Å²) >= 11 is 0. The second kappa shape index (κ2) is 4.65. The molecule has 0 atom stereocenters. The Bertz CT molecular complexity index is 439. The molecule has 0 saturated heterocycles. The van der Waals surface area contributed by atoms with Gasteiger partial charge in [0.05, 0.1) is 17.9 Å². The molecular weight excluding hydrogens is 214 g/mol. The number of nitrogens with two attached hydrogens (primary N) is 1. The fourth-order valence-corrected chi connectivity index (χ4v) is 1.67. The van der Waals surface area contributed by atoms with Crippen LogP contribution < -0.4 is 16.4 Å². The van der Waals surface area contributed by atoms with E-state index in [1.807, 2.05) is 26.0 Å². The van der Waals surface area contributed by atoms with Gasteiger partial charge in [-0.3, -0.25) is 4.79 Å². The van der Waals surface area contributed by atoms with Crippen LogP contribution in [0.5, 0.6) is 0 Å². The van der Waals surface area contributed by atoms with Gasteiger partial charge in [-0.15, -0.1) is 0 Å². The van der Waals surface area contributed by atoms with E-state index in [1.54, 1.807) is 0 Å². The highest BCUT2D eigenvalue weighted by atomic mass is 16.2. The van der Waals surface area contributed by atoms with Gasteiger partial charge in [0.15, 0.2) is 0 Å². The molecule has 4 N–H and O–H groups in total. The molecule has 1 aromatic rings. The van der Waals surface area contributed by atoms with Crippen molar-refractivity contribution in [2.75, 3.05) is 17.6 Å². The van der Waals surface area contributed by atoms with Crippen molar-refractivity contribution in [1.29, 1.82) is 0 Å². The molecule has 4 heteroatoms. The first-order chi connectivity index (χ1) is 8.06. The average molecular weight is 233 g/mol. The maximum atomic E-state index is 11.5. The van der Waals surface area contributed by atoms with Crippen LogP contribution in [0.2, 0.25) is 0 Å². The molecule has 92 valence electrons. The van der Waals surface area contributed by atoms with Crippen LogP contribution in [0.15, 0.2) is 12.1 Å². The average Bonchev–Trinajstić information content (AvgIpc) is 3.05. The van der Waals surface area contributed by atoms with E-state index in [0.717, 1.165) is 24.1 Å². The first-order valence-corrected chi connectivity index (χ1v) is 5.96. The lowest BCUT2D eigenvalue weighted by molar-refractivity contribution is -0.119.